The van der Waals surface area contributed by atoms with Crippen LogP contribution in [0.5, 0.6) is 0 Å². The molecule has 1 heterocycles. The van der Waals surface area contributed by atoms with E-state index in [9.17, 15) is 0 Å². The first-order valence-corrected chi connectivity index (χ1v) is 22.7. The van der Waals surface area contributed by atoms with Gasteiger partial charge in [-0.05, 0) is 159 Å². The minimum atomic E-state index is 0.824. The van der Waals surface area contributed by atoms with Crippen molar-refractivity contribution in [2.45, 2.75) is 27.7 Å². The van der Waals surface area contributed by atoms with Gasteiger partial charge >= 0.3 is 0 Å². The highest BCUT2D eigenvalue weighted by Gasteiger charge is 2.25. The summed E-state index contributed by atoms with van der Waals surface area (Å²) in [5, 5.41) is 0. The molecule has 0 bridgehead atoms. The van der Waals surface area contributed by atoms with Gasteiger partial charge in [0.2, 0.25) is 0 Å². The lowest BCUT2D eigenvalue weighted by Crippen LogP contribution is -2.15. The average Bonchev–Trinajstić information content (AvgIpc) is 3.85. The summed E-state index contributed by atoms with van der Waals surface area (Å²) in [4.78, 5) is 9.28. The predicted molar refractivity (Wildman–Crippen MR) is 275 cm³/mol. The summed E-state index contributed by atoms with van der Waals surface area (Å²) in [6.07, 6.45) is 0. The largest absolute Gasteiger partial charge is 0.310 e. The molecule has 0 N–H and O–H groups in total. The van der Waals surface area contributed by atoms with Crippen molar-refractivity contribution in [2.24, 2.45) is 0 Å². The quantitative estimate of drug-likeness (QED) is 0.122. The number of anilines is 12. The molecule has 10 rings (SSSR count). The van der Waals surface area contributed by atoms with Crippen LogP contribution in [0.3, 0.4) is 0 Å². The molecular formula is C58H48N6S. The molecule has 0 amide bonds. The molecule has 0 radical (unpaired) electrons. The molecule has 0 aliphatic carbocycles. The third-order valence-corrected chi connectivity index (χ3v) is 12.6. The number of benzene rings is 9. The van der Waals surface area contributed by atoms with Gasteiger partial charge in [0, 0.05) is 56.9 Å². The van der Waals surface area contributed by atoms with Crippen LogP contribution in [0.1, 0.15) is 22.3 Å². The third kappa shape index (κ3) is 7.99. The van der Waals surface area contributed by atoms with Crippen LogP contribution in [-0.2, 0) is 0 Å². The van der Waals surface area contributed by atoms with E-state index in [1.54, 1.807) is 0 Å². The van der Waals surface area contributed by atoms with Crippen LogP contribution in [0.15, 0.2) is 218 Å². The van der Waals surface area contributed by atoms with Crippen molar-refractivity contribution in [1.29, 1.82) is 0 Å². The van der Waals surface area contributed by atoms with Crippen molar-refractivity contribution < 1.29 is 0 Å². The Morgan fingerprint density at radius 1 is 0.246 bits per heavy atom. The van der Waals surface area contributed by atoms with Gasteiger partial charge in [0.05, 0.1) is 23.1 Å². The van der Waals surface area contributed by atoms with Crippen molar-refractivity contribution in [2.75, 3.05) is 19.6 Å². The molecule has 0 atom stereocenters. The van der Waals surface area contributed by atoms with Crippen molar-refractivity contribution in [3.05, 3.63) is 241 Å². The van der Waals surface area contributed by atoms with Gasteiger partial charge in [-0.15, -0.1) is 0 Å². The van der Waals surface area contributed by atoms with Crippen LogP contribution < -0.4 is 19.6 Å². The Labute approximate surface area is 385 Å². The smallest absolute Gasteiger partial charge is 0.130 e. The molecule has 0 spiro atoms. The van der Waals surface area contributed by atoms with Gasteiger partial charge < -0.3 is 19.6 Å². The second-order valence-corrected chi connectivity index (χ2v) is 16.8. The Morgan fingerprint density at radius 2 is 0.492 bits per heavy atom. The maximum atomic E-state index is 5.03. The lowest BCUT2D eigenvalue weighted by molar-refractivity contribution is 1.22. The van der Waals surface area contributed by atoms with Crippen LogP contribution in [0, 0.1) is 27.7 Å². The average molecular weight is 861 g/mol. The third-order valence-electron chi connectivity index (χ3n) is 12.0. The molecule has 0 aliphatic heterocycles. The Balaban J connectivity index is 1.07. The van der Waals surface area contributed by atoms with E-state index in [0.29, 0.717) is 0 Å². The highest BCUT2D eigenvalue weighted by molar-refractivity contribution is 7.00. The molecule has 0 fully saturated rings. The van der Waals surface area contributed by atoms with Crippen LogP contribution in [0.4, 0.5) is 68.2 Å². The zero-order valence-electron chi connectivity index (χ0n) is 36.9. The number of hydrogen-bond donors (Lipinski definition) is 0. The molecule has 1 aromatic heterocycles. The van der Waals surface area contributed by atoms with E-state index < -0.39 is 0 Å². The van der Waals surface area contributed by atoms with Gasteiger partial charge in [0.1, 0.15) is 11.0 Å². The fourth-order valence-electron chi connectivity index (χ4n) is 8.78. The predicted octanol–water partition coefficient (Wildman–Crippen LogP) is 16.8. The first kappa shape index (κ1) is 41.0. The zero-order chi connectivity index (χ0) is 44.3. The maximum Gasteiger partial charge on any atom is 0.130 e. The zero-order valence-corrected chi connectivity index (χ0v) is 37.7. The minimum absolute atomic E-state index is 0.824. The topological polar surface area (TPSA) is 38.7 Å². The minimum Gasteiger partial charge on any atom is -0.310 e. The van der Waals surface area contributed by atoms with E-state index in [4.69, 9.17) is 8.75 Å². The summed E-state index contributed by atoms with van der Waals surface area (Å²) in [5.74, 6) is 0. The lowest BCUT2D eigenvalue weighted by Gasteiger charge is -2.31. The monoisotopic (exact) mass is 860 g/mol. The van der Waals surface area contributed by atoms with Gasteiger partial charge in [-0.3, -0.25) is 0 Å². The lowest BCUT2D eigenvalue weighted by atomic mass is 10.1. The van der Waals surface area contributed by atoms with Crippen LogP contribution in [0.2, 0.25) is 0 Å². The van der Waals surface area contributed by atoms with Gasteiger partial charge in [0.25, 0.3) is 0 Å². The van der Waals surface area contributed by atoms with E-state index in [1.807, 2.05) is 0 Å². The second-order valence-electron chi connectivity index (χ2n) is 16.3. The molecule has 0 saturated heterocycles. The summed E-state index contributed by atoms with van der Waals surface area (Å²) in [6, 6.07) is 77.4. The molecule has 316 valence electrons. The molecule has 6 nitrogen and oxygen atoms in total. The number of nitrogens with zero attached hydrogens (tertiary/aromatic N) is 6. The summed E-state index contributed by atoms with van der Waals surface area (Å²) < 4.78 is 10.1. The first-order valence-electron chi connectivity index (χ1n) is 21.9. The molecule has 9 aromatic carbocycles. The Kier molecular flexibility index (Phi) is 11.4. The summed E-state index contributed by atoms with van der Waals surface area (Å²) in [7, 11) is 0. The summed E-state index contributed by atoms with van der Waals surface area (Å²) >= 11 is 1.24. The van der Waals surface area contributed by atoms with E-state index in [2.05, 4.69) is 266 Å². The highest BCUT2D eigenvalue weighted by Crippen LogP contribution is 2.47. The van der Waals surface area contributed by atoms with E-state index in [0.717, 1.165) is 79.3 Å². The standard InChI is InChI=1S/C58H48N6S/c1-41-19-11-15-27-51(41)63(52-28-16-12-20-42(52)2)49-35-31-47(32-36-49)61(45-23-7-5-8-24-45)55-39-40-56(58-57(55)59-65-60-58)62(46-25-9-6-10-26-46)48-33-37-50(38-34-48)64(53-29-17-13-21-43(53)3)54-30-18-14-22-44(54)4/h5-40H,1-4H3. The van der Waals surface area contributed by atoms with E-state index in [1.165, 1.54) is 34.0 Å². The molecule has 0 saturated carbocycles. The van der Waals surface area contributed by atoms with Gasteiger partial charge in [-0.1, -0.05) is 109 Å². The fourth-order valence-corrected chi connectivity index (χ4v) is 9.35. The van der Waals surface area contributed by atoms with E-state index >= 15 is 0 Å². The van der Waals surface area contributed by atoms with Crippen LogP contribution in [-0.4, -0.2) is 8.75 Å². The van der Waals surface area contributed by atoms with Gasteiger partial charge in [-0.2, -0.15) is 8.75 Å². The first-order chi connectivity index (χ1) is 31.9. The molecule has 65 heavy (non-hydrogen) atoms. The number of aromatic nitrogens is 2. The van der Waals surface area contributed by atoms with Gasteiger partial charge in [0.15, 0.2) is 0 Å². The molecule has 0 aliphatic rings. The SMILES string of the molecule is Cc1ccccc1N(c1ccc(N(c2ccccc2)c2ccc(N(c3ccccc3)c3ccc(N(c4ccccc4C)c4ccccc4C)cc3)c3nsnc23)cc1)c1ccccc1C. The number of para-hydroxylation sites is 6. The molecule has 0 unspecified atom stereocenters. The summed E-state index contributed by atoms with van der Waals surface area (Å²) in [6.45, 7) is 8.68. The van der Waals surface area contributed by atoms with Crippen molar-refractivity contribution in [1.82, 2.24) is 8.75 Å². The van der Waals surface area contributed by atoms with Crippen molar-refractivity contribution >= 4 is 91.0 Å². The van der Waals surface area contributed by atoms with Crippen molar-refractivity contribution in [3.8, 4) is 0 Å². The Hall–Kier alpha value is -8.00. The normalized spacial score (nSPS) is 11.1. The summed E-state index contributed by atoms with van der Waals surface area (Å²) in [5.41, 5.74) is 19.2. The number of hydrogen-bond acceptors (Lipinski definition) is 7. The highest BCUT2D eigenvalue weighted by atomic mass is 32.1. The number of rotatable bonds is 12. The van der Waals surface area contributed by atoms with Crippen LogP contribution >= 0.6 is 11.7 Å². The van der Waals surface area contributed by atoms with Crippen LogP contribution in [0.25, 0.3) is 11.0 Å². The maximum absolute atomic E-state index is 5.03. The Bertz CT molecular complexity index is 2910. The van der Waals surface area contributed by atoms with Gasteiger partial charge in [-0.25, -0.2) is 0 Å². The molecule has 10 aromatic rings. The van der Waals surface area contributed by atoms with Crippen molar-refractivity contribution in [3.63, 3.8) is 0 Å². The number of fused-ring (bicyclic) bond motifs is 1. The van der Waals surface area contributed by atoms with E-state index in [-0.39, 0.29) is 0 Å². The molecule has 7 heteroatoms. The fraction of sp³-hybridized carbons (Fsp3) is 0.0690. The number of aryl methyl sites for hydroxylation is 4. The second kappa shape index (κ2) is 18.0. The Morgan fingerprint density at radius 3 is 0.785 bits per heavy atom. The molecular weight excluding hydrogens is 813 g/mol.